The van der Waals surface area contributed by atoms with Crippen molar-refractivity contribution in [2.24, 2.45) is 0 Å². The zero-order valence-electron chi connectivity index (χ0n) is 51.1. The van der Waals surface area contributed by atoms with Crippen LogP contribution in [0.1, 0.15) is 393 Å². The Hall–Kier alpha value is -1.40. The molecule has 0 bridgehead atoms. The lowest BCUT2D eigenvalue weighted by molar-refractivity contribution is -0.143. The lowest BCUT2D eigenvalue weighted by Crippen LogP contribution is -2.45. The zero-order chi connectivity index (χ0) is 54.3. The van der Waals surface area contributed by atoms with Crippen molar-refractivity contribution in [3.05, 3.63) is 12.2 Å². The molecule has 2 unspecified atom stereocenters. The highest BCUT2D eigenvalue weighted by Crippen LogP contribution is 2.19. The van der Waals surface area contributed by atoms with E-state index in [1.807, 2.05) is 6.08 Å². The first-order valence-corrected chi connectivity index (χ1v) is 34.5. The average molecular weight is 1060 g/mol. The van der Waals surface area contributed by atoms with Gasteiger partial charge in [0.05, 0.1) is 25.4 Å². The fourth-order valence-electron chi connectivity index (χ4n) is 11.1. The topological polar surface area (TPSA) is 95.9 Å². The summed E-state index contributed by atoms with van der Waals surface area (Å²) in [5, 5.41) is 23.1. The fraction of sp³-hybridized carbons (Fsp3) is 0.942. The number of hydrogen-bond donors (Lipinski definition) is 3. The van der Waals surface area contributed by atoms with Crippen molar-refractivity contribution in [2.45, 2.75) is 405 Å². The van der Waals surface area contributed by atoms with E-state index in [2.05, 4.69) is 19.2 Å². The first-order chi connectivity index (χ1) is 37.0. The Morgan fingerprint density at radius 2 is 0.613 bits per heavy atom. The van der Waals surface area contributed by atoms with Crippen molar-refractivity contribution in [1.82, 2.24) is 5.32 Å². The van der Waals surface area contributed by atoms with Gasteiger partial charge in [0.25, 0.3) is 0 Å². The summed E-state index contributed by atoms with van der Waals surface area (Å²) in [6.07, 6.45) is 80.1. The molecule has 0 aliphatic carbocycles. The molecule has 0 aliphatic heterocycles. The summed E-state index contributed by atoms with van der Waals surface area (Å²) in [6.45, 7) is 4.93. The largest absolute Gasteiger partial charge is 0.466 e. The lowest BCUT2D eigenvalue weighted by atomic mass is 10.0. The first kappa shape index (κ1) is 73.6. The molecule has 0 rings (SSSR count). The number of hydrogen-bond acceptors (Lipinski definition) is 5. The highest BCUT2D eigenvalue weighted by Gasteiger charge is 2.18. The molecule has 0 aromatic carbocycles. The van der Waals surface area contributed by atoms with Gasteiger partial charge in [0.1, 0.15) is 0 Å². The second-order valence-electron chi connectivity index (χ2n) is 23.9. The van der Waals surface area contributed by atoms with Gasteiger partial charge in [-0.3, -0.25) is 9.59 Å². The number of nitrogens with one attached hydrogen (secondary N) is 1. The Kier molecular flexibility index (Phi) is 63.9. The summed E-state index contributed by atoms with van der Waals surface area (Å²) < 4.78 is 5.49. The van der Waals surface area contributed by atoms with Crippen LogP contribution in [0.3, 0.4) is 0 Å². The number of carbonyl (C=O) groups is 2. The number of carbonyl (C=O) groups excluding carboxylic acids is 2. The van der Waals surface area contributed by atoms with Gasteiger partial charge in [-0.25, -0.2) is 0 Å². The molecule has 0 fully saturated rings. The van der Waals surface area contributed by atoms with Crippen LogP contribution in [-0.2, 0) is 14.3 Å². The van der Waals surface area contributed by atoms with Crippen LogP contribution in [0.4, 0.5) is 0 Å². The Morgan fingerprint density at radius 3 is 0.907 bits per heavy atom. The third kappa shape index (κ3) is 61.7. The second kappa shape index (κ2) is 65.1. The summed E-state index contributed by atoms with van der Waals surface area (Å²) >= 11 is 0. The van der Waals surface area contributed by atoms with E-state index < -0.39 is 12.1 Å². The number of allylic oxidation sites excluding steroid dienone is 1. The van der Waals surface area contributed by atoms with Gasteiger partial charge >= 0.3 is 5.97 Å². The number of rotatable bonds is 65. The molecule has 1 amide bonds. The van der Waals surface area contributed by atoms with Gasteiger partial charge in [0.15, 0.2) is 0 Å². The Bertz CT molecular complexity index is 1130. The molecule has 6 nitrogen and oxygen atoms in total. The van der Waals surface area contributed by atoms with E-state index in [1.54, 1.807) is 6.08 Å². The molecular weight excluding hydrogens is 923 g/mol. The normalized spacial score (nSPS) is 12.5. The van der Waals surface area contributed by atoms with Gasteiger partial charge in [0, 0.05) is 12.8 Å². The molecule has 0 spiro atoms. The van der Waals surface area contributed by atoms with Gasteiger partial charge in [-0.1, -0.05) is 360 Å². The van der Waals surface area contributed by atoms with E-state index in [4.69, 9.17) is 4.74 Å². The molecule has 6 heteroatoms. The maximum Gasteiger partial charge on any atom is 0.305 e. The van der Waals surface area contributed by atoms with Gasteiger partial charge in [-0.15, -0.1) is 0 Å². The van der Waals surface area contributed by atoms with Crippen LogP contribution in [-0.4, -0.2) is 47.4 Å². The molecule has 3 N–H and O–H groups in total. The monoisotopic (exact) mass is 1060 g/mol. The van der Waals surface area contributed by atoms with Gasteiger partial charge in [0.2, 0.25) is 5.91 Å². The Morgan fingerprint density at radius 1 is 0.360 bits per heavy atom. The molecule has 0 radical (unpaired) electrons. The fourth-order valence-corrected chi connectivity index (χ4v) is 11.1. The van der Waals surface area contributed by atoms with Crippen molar-refractivity contribution < 1.29 is 24.5 Å². The van der Waals surface area contributed by atoms with E-state index in [0.29, 0.717) is 19.4 Å². The third-order valence-electron chi connectivity index (χ3n) is 16.3. The van der Waals surface area contributed by atoms with E-state index >= 15 is 0 Å². The number of unbranched alkanes of at least 4 members (excludes halogenated alkanes) is 54. The molecular formula is C69H135NO5. The standard InChI is InChI=1S/C69H135NO5/c1-3-5-7-9-11-13-15-37-41-45-49-53-57-61-67(72)66(65-71)70-68(73)62-58-54-50-46-42-39-35-33-31-29-27-25-23-21-19-17-18-20-22-24-26-28-30-32-34-36-40-44-48-52-56-60-64-75-69(74)63-59-55-51-47-43-38-16-14-12-10-8-6-4-2/h57,61,66-67,71-72H,3-56,58-60,62-65H2,1-2H3,(H,70,73)/b61-57+. The van der Waals surface area contributed by atoms with Crippen LogP contribution in [0, 0.1) is 0 Å². The minimum Gasteiger partial charge on any atom is -0.466 e. The first-order valence-electron chi connectivity index (χ1n) is 34.5. The molecule has 0 aromatic heterocycles. The molecule has 2 atom stereocenters. The maximum absolute atomic E-state index is 12.5. The SMILES string of the molecule is CCCCCCCCCCCCC/C=C/C(O)C(CO)NC(=O)CCCCCCCCCCCCCCCCCCCCCCCCCCCCCCCCCCOC(=O)CCCCCCCCCCCCCCC. The lowest BCUT2D eigenvalue weighted by Gasteiger charge is -2.20. The summed E-state index contributed by atoms with van der Waals surface area (Å²) in [6, 6.07) is -0.623. The van der Waals surface area contributed by atoms with Crippen molar-refractivity contribution in [3.63, 3.8) is 0 Å². The van der Waals surface area contributed by atoms with Gasteiger partial charge in [-0.2, -0.15) is 0 Å². The molecule has 0 saturated heterocycles. The molecule has 446 valence electrons. The Balaban J connectivity index is 3.31. The van der Waals surface area contributed by atoms with Crippen LogP contribution in [0.2, 0.25) is 0 Å². The smallest absolute Gasteiger partial charge is 0.305 e. The molecule has 75 heavy (non-hydrogen) atoms. The molecule has 0 heterocycles. The van der Waals surface area contributed by atoms with Crippen molar-refractivity contribution in [3.8, 4) is 0 Å². The number of ether oxygens (including phenoxy) is 1. The Labute approximate surface area is 469 Å². The van der Waals surface area contributed by atoms with Gasteiger partial charge < -0.3 is 20.3 Å². The van der Waals surface area contributed by atoms with Gasteiger partial charge in [-0.05, 0) is 32.1 Å². The van der Waals surface area contributed by atoms with Crippen LogP contribution < -0.4 is 5.32 Å². The summed E-state index contributed by atoms with van der Waals surface area (Å²) in [5.41, 5.74) is 0. The summed E-state index contributed by atoms with van der Waals surface area (Å²) in [4.78, 5) is 24.5. The average Bonchev–Trinajstić information content (AvgIpc) is 3.41. The minimum absolute atomic E-state index is 0.0232. The van der Waals surface area contributed by atoms with E-state index in [0.717, 1.165) is 38.5 Å². The van der Waals surface area contributed by atoms with Crippen LogP contribution >= 0.6 is 0 Å². The zero-order valence-corrected chi connectivity index (χ0v) is 51.1. The predicted molar refractivity (Wildman–Crippen MR) is 329 cm³/mol. The second-order valence-corrected chi connectivity index (χ2v) is 23.9. The molecule has 0 aliphatic rings. The minimum atomic E-state index is -0.839. The van der Waals surface area contributed by atoms with E-state index in [1.165, 1.54) is 327 Å². The molecule has 0 aromatic rings. The van der Waals surface area contributed by atoms with Crippen LogP contribution in [0.25, 0.3) is 0 Å². The van der Waals surface area contributed by atoms with Crippen molar-refractivity contribution in [2.75, 3.05) is 13.2 Å². The third-order valence-corrected chi connectivity index (χ3v) is 16.3. The van der Waals surface area contributed by atoms with E-state index in [-0.39, 0.29) is 18.5 Å². The summed E-state index contributed by atoms with van der Waals surface area (Å²) in [7, 11) is 0. The van der Waals surface area contributed by atoms with Crippen LogP contribution in [0.15, 0.2) is 12.2 Å². The highest BCUT2D eigenvalue weighted by atomic mass is 16.5. The quantitative estimate of drug-likeness (QED) is 0.0320. The number of aliphatic hydroxyl groups is 2. The highest BCUT2D eigenvalue weighted by molar-refractivity contribution is 5.76. The van der Waals surface area contributed by atoms with Crippen molar-refractivity contribution >= 4 is 11.9 Å². The summed E-state index contributed by atoms with van der Waals surface area (Å²) in [5.74, 6) is -0.0384. The number of esters is 1. The number of aliphatic hydroxyl groups excluding tert-OH is 2. The number of amides is 1. The molecule has 0 saturated carbocycles. The van der Waals surface area contributed by atoms with Crippen LogP contribution in [0.5, 0.6) is 0 Å². The predicted octanol–water partition coefficient (Wildman–Crippen LogP) is 22.0. The van der Waals surface area contributed by atoms with Crippen molar-refractivity contribution in [1.29, 1.82) is 0 Å². The maximum atomic E-state index is 12.5. The van der Waals surface area contributed by atoms with E-state index in [9.17, 15) is 19.8 Å².